The van der Waals surface area contributed by atoms with Crippen LogP contribution in [0, 0.1) is 5.92 Å². The molecule has 0 heterocycles. The van der Waals surface area contributed by atoms with Crippen LogP contribution in [0.5, 0.6) is 0 Å². The Morgan fingerprint density at radius 2 is 1.82 bits per heavy atom. The number of hydrogen-bond donors (Lipinski definition) is 1. The molecule has 0 radical (unpaired) electrons. The van der Waals surface area contributed by atoms with Gasteiger partial charge in [-0.05, 0) is 37.3 Å². The molecule has 0 bridgehead atoms. The quantitative estimate of drug-likeness (QED) is 0.876. The van der Waals surface area contributed by atoms with Crippen molar-refractivity contribution in [2.24, 2.45) is 11.7 Å². The van der Waals surface area contributed by atoms with Crippen LogP contribution in [0.15, 0.2) is 35.2 Å². The molecule has 0 aliphatic heterocycles. The molecule has 2 N–H and O–H groups in total. The molecule has 3 nitrogen and oxygen atoms in total. The van der Waals surface area contributed by atoms with Crippen molar-refractivity contribution in [1.82, 2.24) is 0 Å². The first-order valence-corrected chi connectivity index (χ1v) is 7.61. The predicted molar refractivity (Wildman–Crippen MR) is 68.4 cm³/mol. The van der Waals surface area contributed by atoms with Crippen molar-refractivity contribution in [3.63, 3.8) is 0 Å². The number of sulfone groups is 1. The van der Waals surface area contributed by atoms with Crippen LogP contribution in [0.4, 0.5) is 0 Å². The van der Waals surface area contributed by atoms with Gasteiger partial charge >= 0.3 is 0 Å². The fraction of sp³-hybridized carbons (Fsp3) is 0.538. The van der Waals surface area contributed by atoms with E-state index in [1.165, 1.54) is 0 Å². The van der Waals surface area contributed by atoms with Gasteiger partial charge in [-0.2, -0.15) is 0 Å². The van der Waals surface area contributed by atoms with Gasteiger partial charge in [0.15, 0.2) is 9.84 Å². The minimum atomic E-state index is -3.27. The highest BCUT2D eigenvalue weighted by atomic mass is 32.2. The normalized spacial score (nSPS) is 30.1. The Labute approximate surface area is 103 Å². The zero-order valence-corrected chi connectivity index (χ0v) is 10.9. The highest BCUT2D eigenvalue weighted by Gasteiger charge is 2.36. The van der Waals surface area contributed by atoms with E-state index >= 15 is 0 Å². The summed E-state index contributed by atoms with van der Waals surface area (Å²) in [6, 6.07) is 8.41. The van der Waals surface area contributed by atoms with Crippen molar-refractivity contribution < 1.29 is 8.42 Å². The number of nitrogens with two attached hydrogens (primary N) is 1. The van der Waals surface area contributed by atoms with Gasteiger partial charge in [0.05, 0.1) is 10.1 Å². The van der Waals surface area contributed by atoms with E-state index in [1.807, 2.05) is 6.07 Å². The molecule has 1 aliphatic carbocycles. The summed E-state index contributed by atoms with van der Waals surface area (Å²) in [5.41, 5.74) is 5.99. The summed E-state index contributed by atoms with van der Waals surface area (Å²) in [5, 5.41) is -0.423. The summed E-state index contributed by atoms with van der Waals surface area (Å²) in [6.45, 7) is 2.10. The van der Waals surface area contributed by atoms with Crippen molar-refractivity contribution in [1.29, 1.82) is 0 Å². The van der Waals surface area contributed by atoms with Gasteiger partial charge in [-0.15, -0.1) is 0 Å². The van der Waals surface area contributed by atoms with Crippen LogP contribution < -0.4 is 5.73 Å². The summed E-state index contributed by atoms with van der Waals surface area (Å²) in [6.07, 6.45) is 2.51. The Bertz CT molecular complexity index is 469. The second-order valence-corrected chi connectivity index (χ2v) is 7.15. The molecule has 1 saturated carbocycles. The van der Waals surface area contributed by atoms with E-state index in [2.05, 4.69) is 6.92 Å². The molecule has 1 aromatic carbocycles. The average Bonchev–Trinajstić information content (AvgIpc) is 2.33. The lowest BCUT2D eigenvalue weighted by Gasteiger charge is -2.32. The third kappa shape index (κ3) is 2.53. The van der Waals surface area contributed by atoms with Gasteiger partial charge in [0.2, 0.25) is 0 Å². The second kappa shape index (κ2) is 4.78. The molecule has 0 spiro atoms. The summed E-state index contributed by atoms with van der Waals surface area (Å²) in [4.78, 5) is 0.398. The van der Waals surface area contributed by atoms with Crippen LogP contribution in [0.1, 0.15) is 26.2 Å². The van der Waals surface area contributed by atoms with Crippen molar-refractivity contribution in [2.45, 2.75) is 42.4 Å². The van der Waals surface area contributed by atoms with Crippen molar-refractivity contribution in [3.8, 4) is 0 Å². The van der Waals surface area contributed by atoms with Gasteiger partial charge < -0.3 is 5.73 Å². The predicted octanol–water partition coefficient (Wildman–Crippen LogP) is 1.98. The minimum absolute atomic E-state index is 0.226. The number of hydrogen-bond acceptors (Lipinski definition) is 3. The molecule has 0 aromatic heterocycles. The monoisotopic (exact) mass is 253 g/mol. The van der Waals surface area contributed by atoms with Gasteiger partial charge in [0, 0.05) is 6.04 Å². The first kappa shape index (κ1) is 12.6. The van der Waals surface area contributed by atoms with Crippen LogP contribution in [0.25, 0.3) is 0 Å². The van der Waals surface area contributed by atoms with Crippen molar-refractivity contribution in [3.05, 3.63) is 30.3 Å². The first-order valence-electron chi connectivity index (χ1n) is 6.06. The van der Waals surface area contributed by atoms with E-state index in [0.717, 1.165) is 12.8 Å². The summed E-state index contributed by atoms with van der Waals surface area (Å²) in [7, 11) is -3.27. The van der Waals surface area contributed by atoms with E-state index in [0.29, 0.717) is 17.2 Å². The minimum Gasteiger partial charge on any atom is -0.327 e. The van der Waals surface area contributed by atoms with E-state index in [-0.39, 0.29) is 6.04 Å². The molecular weight excluding hydrogens is 234 g/mol. The molecule has 1 aromatic rings. The molecule has 2 rings (SSSR count). The van der Waals surface area contributed by atoms with Gasteiger partial charge in [-0.25, -0.2) is 8.42 Å². The molecule has 0 amide bonds. The molecule has 4 heteroatoms. The topological polar surface area (TPSA) is 60.2 Å². The van der Waals surface area contributed by atoms with Crippen LogP contribution in [-0.2, 0) is 9.84 Å². The maximum Gasteiger partial charge on any atom is 0.182 e. The Balaban J connectivity index is 2.32. The van der Waals surface area contributed by atoms with Crippen LogP contribution in [0.2, 0.25) is 0 Å². The zero-order valence-electron chi connectivity index (χ0n) is 10.0. The van der Waals surface area contributed by atoms with Crippen molar-refractivity contribution in [2.75, 3.05) is 0 Å². The molecule has 0 saturated heterocycles. The van der Waals surface area contributed by atoms with E-state index in [1.54, 1.807) is 24.3 Å². The molecule has 1 fully saturated rings. The molecular formula is C13H19NO2S. The lowest BCUT2D eigenvalue weighted by atomic mass is 9.87. The Hall–Kier alpha value is -0.870. The third-order valence-electron chi connectivity index (χ3n) is 3.58. The zero-order chi connectivity index (χ0) is 12.5. The Kier molecular flexibility index (Phi) is 3.54. The highest BCUT2D eigenvalue weighted by Crippen LogP contribution is 2.31. The van der Waals surface area contributed by atoms with Gasteiger partial charge in [0.1, 0.15) is 0 Å². The molecule has 94 valence electrons. The first-order chi connectivity index (χ1) is 8.01. The highest BCUT2D eigenvalue weighted by molar-refractivity contribution is 7.92. The van der Waals surface area contributed by atoms with Crippen LogP contribution in [-0.4, -0.2) is 19.7 Å². The number of benzene rings is 1. The van der Waals surface area contributed by atoms with Crippen molar-refractivity contribution >= 4 is 9.84 Å². The maximum atomic E-state index is 12.5. The average molecular weight is 253 g/mol. The fourth-order valence-electron chi connectivity index (χ4n) is 2.49. The van der Waals surface area contributed by atoms with Gasteiger partial charge in [0.25, 0.3) is 0 Å². The van der Waals surface area contributed by atoms with Gasteiger partial charge in [-0.3, -0.25) is 0 Å². The molecule has 3 unspecified atom stereocenters. The SMILES string of the molecule is CC1CCC(N)C(S(=O)(=O)c2ccccc2)C1. The Morgan fingerprint density at radius 3 is 2.47 bits per heavy atom. The lowest BCUT2D eigenvalue weighted by molar-refractivity contribution is 0.346. The summed E-state index contributed by atoms with van der Waals surface area (Å²) >= 11 is 0. The maximum absolute atomic E-state index is 12.5. The third-order valence-corrected chi connectivity index (χ3v) is 5.84. The summed E-state index contributed by atoms with van der Waals surface area (Å²) < 4.78 is 24.9. The van der Waals surface area contributed by atoms with Crippen LogP contribution >= 0.6 is 0 Å². The largest absolute Gasteiger partial charge is 0.327 e. The smallest absolute Gasteiger partial charge is 0.182 e. The summed E-state index contributed by atoms with van der Waals surface area (Å²) in [5.74, 6) is 0.443. The lowest BCUT2D eigenvalue weighted by Crippen LogP contribution is -2.44. The van der Waals surface area contributed by atoms with E-state index in [4.69, 9.17) is 5.73 Å². The fourth-order valence-corrected chi connectivity index (χ4v) is 4.56. The van der Waals surface area contributed by atoms with E-state index < -0.39 is 15.1 Å². The van der Waals surface area contributed by atoms with E-state index in [9.17, 15) is 8.42 Å². The Morgan fingerprint density at radius 1 is 1.18 bits per heavy atom. The molecule has 17 heavy (non-hydrogen) atoms. The molecule has 1 aliphatic rings. The van der Waals surface area contributed by atoms with Crippen LogP contribution in [0.3, 0.4) is 0 Å². The standard InChI is InChI=1S/C13H19NO2S/c1-10-7-8-12(14)13(9-10)17(15,16)11-5-3-2-4-6-11/h2-6,10,12-13H,7-9,14H2,1H3. The molecule has 3 atom stereocenters. The van der Waals surface area contributed by atoms with Gasteiger partial charge in [-0.1, -0.05) is 25.1 Å². The number of rotatable bonds is 2. The second-order valence-electron chi connectivity index (χ2n) is 4.98.